The summed E-state index contributed by atoms with van der Waals surface area (Å²) in [5.74, 6) is 1.57. The second-order valence-electron chi connectivity index (χ2n) is 3.61. The molecule has 0 radical (unpaired) electrons. The number of methoxy groups -OCH3 is 2. The van der Waals surface area contributed by atoms with Gasteiger partial charge in [-0.15, -0.1) is 0 Å². The van der Waals surface area contributed by atoms with Crippen LogP contribution in [0.5, 0.6) is 11.5 Å². The maximum Gasteiger partial charge on any atom is 0.161 e. The lowest BCUT2D eigenvalue weighted by Gasteiger charge is -2.12. The van der Waals surface area contributed by atoms with Gasteiger partial charge in [0.05, 0.1) is 20.3 Å². The van der Waals surface area contributed by atoms with E-state index in [9.17, 15) is 0 Å². The molecule has 84 valence electrons. The summed E-state index contributed by atoms with van der Waals surface area (Å²) in [5.41, 5.74) is 5.26. The maximum atomic E-state index is 5.26. The summed E-state index contributed by atoms with van der Waals surface area (Å²) in [6.45, 7) is 2.10. The SMILES string of the molecule is COc1cc(I)c(CC(C)[NH3+])cc1OC. The standard InChI is InChI=1S/C11H16INO2/c1-7(13)4-8-5-10(14-2)11(15-3)6-9(8)12/h5-7H,4,13H2,1-3H3/p+1. The first-order chi connectivity index (χ1) is 7.08. The Morgan fingerprint density at radius 1 is 1.27 bits per heavy atom. The van der Waals surface area contributed by atoms with E-state index in [2.05, 4.69) is 35.2 Å². The Labute approximate surface area is 104 Å². The Hall–Kier alpha value is -0.490. The molecule has 15 heavy (non-hydrogen) atoms. The minimum atomic E-state index is 0.400. The Morgan fingerprint density at radius 3 is 2.27 bits per heavy atom. The van der Waals surface area contributed by atoms with Crippen LogP contribution in [-0.2, 0) is 6.42 Å². The fraction of sp³-hybridized carbons (Fsp3) is 0.455. The van der Waals surface area contributed by atoms with Crippen LogP contribution in [0.15, 0.2) is 12.1 Å². The van der Waals surface area contributed by atoms with Crippen LogP contribution in [0, 0.1) is 3.57 Å². The molecule has 1 rings (SSSR count). The lowest BCUT2D eigenvalue weighted by molar-refractivity contribution is -0.413. The summed E-state index contributed by atoms with van der Waals surface area (Å²) >= 11 is 2.31. The molecule has 0 saturated heterocycles. The zero-order valence-electron chi connectivity index (χ0n) is 9.34. The summed E-state index contributed by atoms with van der Waals surface area (Å²) in [6.07, 6.45) is 0.957. The van der Waals surface area contributed by atoms with Gasteiger partial charge in [0.1, 0.15) is 0 Å². The van der Waals surface area contributed by atoms with Gasteiger partial charge in [-0.2, -0.15) is 0 Å². The Bertz CT molecular complexity index is 340. The van der Waals surface area contributed by atoms with Gasteiger partial charge < -0.3 is 15.2 Å². The number of rotatable bonds is 4. The molecule has 0 aliphatic rings. The molecular weight excluding hydrogens is 305 g/mol. The van der Waals surface area contributed by atoms with E-state index in [1.54, 1.807) is 14.2 Å². The molecule has 0 fully saturated rings. The van der Waals surface area contributed by atoms with E-state index in [1.165, 1.54) is 9.13 Å². The van der Waals surface area contributed by atoms with E-state index in [4.69, 9.17) is 9.47 Å². The molecule has 0 aromatic heterocycles. The number of halogens is 1. The van der Waals surface area contributed by atoms with E-state index in [-0.39, 0.29) is 0 Å². The van der Waals surface area contributed by atoms with Crippen molar-refractivity contribution in [2.45, 2.75) is 19.4 Å². The first-order valence-corrected chi connectivity index (χ1v) is 5.89. The third kappa shape index (κ3) is 3.24. The number of benzene rings is 1. The second kappa shape index (κ2) is 5.55. The molecule has 0 aliphatic carbocycles. The van der Waals surface area contributed by atoms with Crippen molar-refractivity contribution in [3.63, 3.8) is 0 Å². The quantitative estimate of drug-likeness (QED) is 0.854. The van der Waals surface area contributed by atoms with Crippen LogP contribution in [-0.4, -0.2) is 20.3 Å². The summed E-state index contributed by atoms with van der Waals surface area (Å²) in [4.78, 5) is 0. The van der Waals surface area contributed by atoms with E-state index < -0.39 is 0 Å². The van der Waals surface area contributed by atoms with Gasteiger partial charge in [-0.25, -0.2) is 0 Å². The number of quaternary nitrogens is 1. The van der Waals surface area contributed by atoms with Crippen molar-refractivity contribution in [3.8, 4) is 11.5 Å². The molecule has 0 heterocycles. The zero-order chi connectivity index (χ0) is 11.4. The molecule has 3 nitrogen and oxygen atoms in total. The van der Waals surface area contributed by atoms with Gasteiger partial charge in [0, 0.05) is 9.99 Å². The second-order valence-corrected chi connectivity index (χ2v) is 4.77. The highest BCUT2D eigenvalue weighted by Gasteiger charge is 2.11. The third-order valence-corrected chi connectivity index (χ3v) is 3.13. The minimum Gasteiger partial charge on any atom is -0.493 e. The Kier molecular flexibility index (Phi) is 4.66. The number of ether oxygens (including phenoxy) is 2. The molecule has 4 heteroatoms. The molecule has 0 aliphatic heterocycles. The van der Waals surface area contributed by atoms with Crippen molar-refractivity contribution >= 4 is 22.6 Å². The number of hydrogen-bond acceptors (Lipinski definition) is 2. The monoisotopic (exact) mass is 322 g/mol. The van der Waals surface area contributed by atoms with Crippen LogP contribution in [0.2, 0.25) is 0 Å². The summed E-state index contributed by atoms with van der Waals surface area (Å²) in [5, 5.41) is 0. The van der Waals surface area contributed by atoms with E-state index in [0.717, 1.165) is 17.9 Å². The van der Waals surface area contributed by atoms with Crippen LogP contribution in [0.1, 0.15) is 12.5 Å². The topological polar surface area (TPSA) is 46.1 Å². The molecule has 1 unspecified atom stereocenters. The highest BCUT2D eigenvalue weighted by molar-refractivity contribution is 14.1. The van der Waals surface area contributed by atoms with Crippen molar-refractivity contribution in [1.29, 1.82) is 0 Å². The van der Waals surface area contributed by atoms with Crippen molar-refractivity contribution < 1.29 is 15.2 Å². The van der Waals surface area contributed by atoms with Crippen molar-refractivity contribution in [1.82, 2.24) is 0 Å². The first kappa shape index (κ1) is 12.6. The van der Waals surface area contributed by atoms with Crippen molar-refractivity contribution in [2.24, 2.45) is 0 Å². The van der Waals surface area contributed by atoms with Gasteiger partial charge in [0.15, 0.2) is 11.5 Å². The zero-order valence-corrected chi connectivity index (χ0v) is 11.5. The normalized spacial score (nSPS) is 12.3. The minimum absolute atomic E-state index is 0.400. The fourth-order valence-corrected chi connectivity index (χ4v) is 2.09. The van der Waals surface area contributed by atoms with Crippen LogP contribution in [0.25, 0.3) is 0 Å². The van der Waals surface area contributed by atoms with Gasteiger partial charge in [0.2, 0.25) is 0 Å². The van der Waals surface area contributed by atoms with Crippen LogP contribution in [0.4, 0.5) is 0 Å². The van der Waals surface area contributed by atoms with Crippen LogP contribution >= 0.6 is 22.6 Å². The average Bonchev–Trinajstić information content (AvgIpc) is 2.19. The van der Waals surface area contributed by atoms with Gasteiger partial charge in [0.25, 0.3) is 0 Å². The fourth-order valence-electron chi connectivity index (χ4n) is 1.43. The lowest BCUT2D eigenvalue weighted by Crippen LogP contribution is -2.60. The van der Waals surface area contributed by atoms with Crippen LogP contribution in [0.3, 0.4) is 0 Å². The molecule has 3 N–H and O–H groups in total. The number of hydrogen-bond donors (Lipinski definition) is 1. The summed E-state index contributed by atoms with van der Waals surface area (Å²) in [6, 6.07) is 4.43. The molecule has 1 atom stereocenters. The van der Waals surface area contributed by atoms with Gasteiger partial charge in [-0.3, -0.25) is 0 Å². The molecule has 0 amide bonds. The molecule has 1 aromatic carbocycles. The largest absolute Gasteiger partial charge is 0.493 e. The van der Waals surface area contributed by atoms with Crippen molar-refractivity contribution in [3.05, 3.63) is 21.3 Å². The molecule has 0 bridgehead atoms. The van der Waals surface area contributed by atoms with E-state index in [1.807, 2.05) is 12.1 Å². The lowest BCUT2D eigenvalue weighted by atomic mass is 10.1. The molecule has 1 aromatic rings. The highest BCUT2D eigenvalue weighted by atomic mass is 127. The predicted octanol–water partition coefficient (Wildman–Crippen LogP) is 1.48. The van der Waals surface area contributed by atoms with Gasteiger partial charge in [-0.1, -0.05) is 0 Å². The molecule has 0 saturated carbocycles. The summed E-state index contributed by atoms with van der Waals surface area (Å²) < 4.78 is 11.7. The Morgan fingerprint density at radius 2 is 1.80 bits per heavy atom. The molecule has 0 spiro atoms. The smallest absolute Gasteiger partial charge is 0.161 e. The summed E-state index contributed by atoms with van der Waals surface area (Å²) in [7, 11) is 3.31. The molecular formula is C11H17INO2+. The first-order valence-electron chi connectivity index (χ1n) is 4.82. The Balaban J connectivity index is 3.08. The van der Waals surface area contributed by atoms with Gasteiger partial charge >= 0.3 is 0 Å². The van der Waals surface area contributed by atoms with Crippen LogP contribution < -0.4 is 15.2 Å². The maximum absolute atomic E-state index is 5.26. The van der Waals surface area contributed by atoms with E-state index in [0.29, 0.717) is 6.04 Å². The highest BCUT2D eigenvalue weighted by Crippen LogP contribution is 2.31. The average molecular weight is 322 g/mol. The van der Waals surface area contributed by atoms with Gasteiger partial charge in [-0.05, 0) is 47.2 Å². The third-order valence-electron chi connectivity index (χ3n) is 2.12. The predicted molar refractivity (Wildman–Crippen MR) is 68.3 cm³/mol. The van der Waals surface area contributed by atoms with Crippen molar-refractivity contribution in [2.75, 3.05) is 14.2 Å². The van der Waals surface area contributed by atoms with E-state index >= 15 is 0 Å².